The highest BCUT2D eigenvalue weighted by molar-refractivity contribution is 7.17. The first-order chi connectivity index (χ1) is 13.0. The maximum Gasteiger partial charge on any atom is 0.260 e. The number of methoxy groups -OCH3 is 2. The lowest BCUT2D eigenvalue weighted by Gasteiger charge is -2.22. The van der Waals surface area contributed by atoms with Gasteiger partial charge in [0.15, 0.2) is 11.5 Å². The van der Waals surface area contributed by atoms with E-state index in [1.807, 2.05) is 0 Å². The van der Waals surface area contributed by atoms with Crippen molar-refractivity contribution in [2.24, 2.45) is 5.73 Å². The number of amides is 2. The molecule has 0 radical (unpaired) electrons. The van der Waals surface area contributed by atoms with Crippen LogP contribution in [0.5, 0.6) is 11.5 Å². The topological polar surface area (TPSA) is 95.1 Å². The number of nitrogens with two attached hydrogens (primary N) is 1. The van der Waals surface area contributed by atoms with Crippen LogP contribution >= 0.6 is 11.3 Å². The van der Waals surface area contributed by atoms with Gasteiger partial charge in [0.2, 0.25) is 0 Å². The van der Waals surface area contributed by atoms with Crippen molar-refractivity contribution in [1.29, 1.82) is 0 Å². The standard InChI is InChI=1S/C19H23N3O4S/c1-4-22-9-8-11-14(10-22)27-19(15(11)17(20)23)21-18(24)12-6-5-7-13(25-2)16(12)26-3/h5-7H,4,8-10H2,1-3H3,(H2,20,23)(H,21,24)/p+1. The summed E-state index contributed by atoms with van der Waals surface area (Å²) in [5, 5.41) is 3.36. The average molecular weight is 390 g/mol. The Balaban J connectivity index is 1.96. The van der Waals surface area contributed by atoms with Gasteiger partial charge in [-0.2, -0.15) is 0 Å². The van der Waals surface area contributed by atoms with Crippen molar-refractivity contribution in [1.82, 2.24) is 0 Å². The Hall–Kier alpha value is -2.58. The molecule has 3 rings (SSSR count). The molecule has 4 N–H and O–H groups in total. The summed E-state index contributed by atoms with van der Waals surface area (Å²) in [6, 6.07) is 5.08. The zero-order chi connectivity index (χ0) is 19.6. The molecular formula is C19H24N3O4S+. The van der Waals surface area contributed by atoms with Crippen molar-refractivity contribution in [2.75, 3.05) is 32.6 Å². The van der Waals surface area contributed by atoms with Gasteiger partial charge in [-0.3, -0.25) is 9.59 Å². The predicted molar refractivity (Wildman–Crippen MR) is 104 cm³/mol. The molecule has 0 saturated carbocycles. The van der Waals surface area contributed by atoms with E-state index in [1.54, 1.807) is 18.2 Å². The third-order valence-electron chi connectivity index (χ3n) is 4.85. The highest BCUT2D eigenvalue weighted by Crippen LogP contribution is 2.36. The SMILES string of the molecule is CC[NH+]1CCc2c(sc(NC(=O)c3cccc(OC)c3OC)c2C(N)=O)C1. The third kappa shape index (κ3) is 3.63. The molecule has 7 nitrogen and oxygen atoms in total. The highest BCUT2D eigenvalue weighted by atomic mass is 32.1. The minimum atomic E-state index is -0.514. The van der Waals surface area contributed by atoms with E-state index in [0.717, 1.165) is 36.5 Å². The van der Waals surface area contributed by atoms with E-state index in [9.17, 15) is 9.59 Å². The number of carbonyl (C=O) groups is 2. The summed E-state index contributed by atoms with van der Waals surface area (Å²) in [5.74, 6) is -0.0686. The fourth-order valence-electron chi connectivity index (χ4n) is 3.42. The van der Waals surface area contributed by atoms with Gasteiger partial charge in [0.1, 0.15) is 11.5 Å². The Kier molecular flexibility index (Phi) is 5.67. The van der Waals surface area contributed by atoms with E-state index in [2.05, 4.69) is 12.2 Å². The predicted octanol–water partition coefficient (Wildman–Crippen LogP) is 1.08. The number of ether oxygens (including phenoxy) is 2. The van der Waals surface area contributed by atoms with E-state index in [4.69, 9.17) is 15.2 Å². The van der Waals surface area contributed by atoms with Gasteiger partial charge in [-0.15, -0.1) is 11.3 Å². The summed E-state index contributed by atoms with van der Waals surface area (Å²) in [7, 11) is 3.00. The molecule has 0 saturated heterocycles. The molecule has 1 aromatic heterocycles. The minimum Gasteiger partial charge on any atom is -0.493 e. The normalized spacial score (nSPS) is 15.7. The first-order valence-electron chi connectivity index (χ1n) is 8.80. The Morgan fingerprint density at radius 1 is 1.30 bits per heavy atom. The second-order valence-electron chi connectivity index (χ2n) is 6.35. The van der Waals surface area contributed by atoms with E-state index in [0.29, 0.717) is 27.6 Å². The fraction of sp³-hybridized carbons (Fsp3) is 0.368. The number of likely N-dealkylation sites (N-methyl/N-ethyl adjacent to an activating group) is 1. The van der Waals surface area contributed by atoms with Crippen LogP contribution < -0.4 is 25.4 Å². The first kappa shape index (κ1) is 19.2. The van der Waals surface area contributed by atoms with Gasteiger partial charge < -0.3 is 25.4 Å². The largest absolute Gasteiger partial charge is 0.493 e. The Morgan fingerprint density at radius 3 is 2.70 bits per heavy atom. The van der Waals surface area contributed by atoms with Crippen LogP contribution in [-0.4, -0.2) is 39.1 Å². The van der Waals surface area contributed by atoms with Crippen LogP contribution in [0, 0.1) is 0 Å². The molecule has 0 bridgehead atoms. The molecule has 1 aromatic carbocycles. The van der Waals surface area contributed by atoms with E-state index in [1.165, 1.54) is 30.5 Å². The molecular weight excluding hydrogens is 366 g/mol. The van der Waals surface area contributed by atoms with Crippen LogP contribution in [0.2, 0.25) is 0 Å². The molecule has 2 heterocycles. The number of benzene rings is 1. The second kappa shape index (κ2) is 7.98. The lowest BCUT2D eigenvalue weighted by Crippen LogP contribution is -3.11. The fourth-order valence-corrected chi connectivity index (χ4v) is 4.74. The molecule has 0 fully saturated rings. The Bertz CT molecular complexity index is 878. The number of anilines is 1. The minimum absolute atomic E-state index is 0.333. The summed E-state index contributed by atoms with van der Waals surface area (Å²) in [6.45, 7) is 4.96. The number of carbonyl (C=O) groups excluding carboxylic acids is 2. The molecule has 2 amide bonds. The van der Waals surface area contributed by atoms with Gasteiger partial charge in [-0.05, 0) is 24.6 Å². The van der Waals surface area contributed by atoms with E-state index >= 15 is 0 Å². The summed E-state index contributed by atoms with van der Waals surface area (Å²) >= 11 is 1.43. The highest BCUT2D eigenvalue weighted by Gasteiger charge is 2.29. The van der Waals surface area contributed by atoms with Crippen molar-refractivity contribution in [2.45, 2.75) is 19.9 Å². The maximum absolute atomic E-state index is 12.9. The van der Waals surface area contributed by atoms with Crippen LogP contribution in [-0.2, 0) is 13.0 Å². The van der Waals surface area contributed by atoms with Crippen molar-refractivity contribution >= 4 is 28.2 Å². The van der Waals surface area contributed by atoms with Crippen LogP contribution in [0.1, 0.15) is 38.1 Å². The van der Waals surface area contributed by atoms with Crippen LogP contribution in [0.15, 0.2) is 18.2 Å². The molecule has 2 aromatic rings. The molecule has 1 aliphatic rings. The molecule has 1 unspecified atom stereocenters. The number of hydrogen-bond acceptors (Lipinski definition) is 5. The summed E-state index contributed by atoms with van der Waals surface area (Å²) in [5.41, 5.74) is 7.37. The lowest BCUT2D eigenvalue weighted by molar-refractivity contribution is -0.913. The Labute approximate surface area is 162 Å². The van der Waals surface area contributed by atoms with Gasteiger partial charge in [0, 0.05) is 6.42 Å². The third-order valence-corrected chi connectivity index (χ3v) is 6.00. The molecule has 0 spiro atoms. The number of thiophene rings is 1. The number of nitrogens with one attached hydrogen (secondary N) is 2. The van der Waals surface area contributed by atoms with Gasteiger partial charge in [-0.1, -0.05) is 6.07 Å². The number of hydrogen-bond donors (Lipinski definition) is 3. The number of primary amides is 1. The Morgan fingerprint density at radius 2 is 2.07 bits per heavy atom. The number of rotatable bonds is 6. The number of para-hydroxylation sites is 1. The molecule has 1 atom stereocenters. The lowest BCUT2D eigenvalue weighted by atomic mass is 10.0. The molecule has 27 heavy (non-hydrogen) atoms. The molecule has 144 valence electrons. The molecule has 0 aliphatic carbocycles. The average Bonchev–Trinajstić information content (AvgIpc) is 3.03. The van der Waals surface area contributed by atoms with Crippen molar-refractivity contribution in [3.8, 4) is 11.5 Å². The smallest absolute Gasteiger partial charge is 0.260 e. The first-order valence-corrected chi connectivity index (χ1v) is 9.62. The monoisotopic (exact) mass is 390 g/mol. The van der Waals surface area contributed by atoms with Crippen LogP contribution in [0.25, 0.3) is 0 Å². The maximum atomic E-state index is 12.9. The number of quaternary nitrogens is 1. The van der Waals surface area contributed by atoms with Crippen LogP contribution in [0.3, 0.4) is 0 Å². The van der Waals surface area contributed by atoms with Gasteiger partial charge in [-0.25, -0.2) is 0 Å². The quantitative estimate of drug-likeness (QED) is 0.688. The van der Waals surface area contributed by atoms with Crippen molar-refractivity contribution in [3.63, 3.8) is 0 Å². The summed E-state index contributed by atoms with van der Waals surface area (Å²) < 4.78 is 10.6. The zero-order valence-corrected chi connectivity index (χ0v) is 16.5. The van der Waals surface area contributed by atoms with Gasteiger partial charge in [0.05, 0.1) is 43.3 Å². The molecule has 8 heteroatoms. The van der Waals surface area contributed by atoms with Gasteiger partial charge >= 0.3 is 0 Å². The zero-order valence-electron chi connectivity index (χ0n) is 15.7. The second-order valence-corrected chi connectivity index (χ2v) is 7.45. The van der Waals surface area contributed by atoms with Crippen molar-refractivity contribution in [3.05, 3.63) is 39.8 Å². The van der Waals surface area contributed by atoms with E-state index < -0.39 is 5.91 Å². The van der Waals surface area contributed by atoms with E-state index in [-0.39, 0.29) is 5.91 Å². The number of fused-ring (bicyclic) bond motifs is 1. The van der Waals surface area contributed by atoms with Crippen molar-refractivity contribution < 1.29 is 24.0 Å². The summed E-state index contributed by atoms with van der Waals surface area (Å²) in [4.78, 5) is 27.5. The summed E-state index contributed by atoms with van der Waals surface area (Å²) in [6.07, 6.45) is 0.783. The van der Waals surface area contributed by atoms with Gasteiger partial charge in [0.25, 0.3) is 11.8 Å². The van der Waals surface area contributed by atoms with Crippen LogP contribution in [0.4, 0.5) is 5.00 Å². The molecule has 1 aliphatic heterocycles.